The van der Waals surface area contributed by atoms with Crippen LogP contribution in [-0.4, -0.2) is 46.5 Å². The molecule has 0 aliphatic heterocycles. The Bertz CT molecular complexity index is 700. The SMILES string of the molecule is CCc1ccc(-c2nc(SCC(=O)NCCCC(=O)OC)n[nH]2)cc1. The summed E-state index contributed by atoms with van der Waals surface area (Å²) >= 11 is 1.26. The summed E-state index contributed by atoms with van der Waals surface area (Å²) in [6, 6.07) is 8.13. The molecule has 0 aliphatic carbocycles. The molecule has 8 heteroatoms. The number of nitrogens with zero attached hydrogens (tertiary/aromatic N) is 2. The second-order valence-corrected chi connectivity index (χ2v) is 6.28. The minimum Gasteiger partial charge on any atom is -0.469 e. The Morgan fingerprint density at radius 2 is 2.04 bits per heavy atom. The number of amides is 1. The Morgan fingerprint density at radius 3 is 2.72 bits per heavy atom. The van der Waals surface area contributed by atoms with Gasteiger partial charge >= 0.3 is 5.97 Å². The van der Waals surface area contributed by atoms with Gasteiger partial charge in [-0.25, -0.2) is 4.98 Å². The van der Waals surface area contributed by atoms with E-state index < -0.39 is 0 Å². The van der Waals surface area contributed by atoms with E-state index in [1.165, 1.54) is 24.4 Å². The predicted octanol–water partition coefficient (Wildman–Crippen LogP) is 2.20. The molecule has 0 saturated heterocycles. The molecule has 2 N–H and O–H groups in total. The molecule has 25 heavy (non-hydrogen) atoms. The molecule has 0 bridgehead atoms. The van der Waals surface area contributed by atoms with Crippen LogP contribution in [0.2, 0.25) is 0 Å². The van der Waals surface area contributed by atoms with Crippen molar-refractivity contribution < 1.29 is 14.3 Å². The highest BCUT2D eigenvalue weighted by atomic mass is 32.2. The third-order valence-electron chi connectivity index (χ3n) is 3.54. The number of H-pyrrole nitrogens is 1. The van der Waals surface area contributed by atoms with Crippen LogP contribution < -0.4 is 5.32 Å². The first-order valence-electron chi connectivity index (χ1n) is 8.10. The summed E-state index contributed by atoms with van der Waals surface area (Å²) in [6.07, 6.45) is 1.85. The number of carbonyl (C=O) groups excluding carboxylic acids is 2. The number of aromatic amines is 1. The molecule has 1 amide bonds. The van der Waals surface area contributed by atoms with Gasteiger partial charge < -0.3 is 10.1 Å². The minimum atomic E-state index is -0.274. The Labute approximate surface area is 150 Å². The lowest BCUT2D eigenvalue weighted by molar-refractivity contribution is -0.140. The number of thioether (sulfide) groups is 1. The summed E-state index contributed by atoms with van der Waals surface area (Å²) in [6.45, 7) is 2.55. The van der Waals surface area contributed by atoms with E-state index in [1.54, 1.807) is 0 Å². The number of aromatic nitrogens is 3. The fraction of sp³-hybridized carbons (Fsp3) is 0.412. The maximum Gasteiger partial charge on any atom is 0.305 e. The van der Waals surface area contributed by atoms with Crippen LogP contribution in [0.15, 0.2) is 29.4 Å². The van der Waals surface area contributed by atoms with Crippen LogP contribution >= 0.6 is 11.8 Å². The van der Waals surface area contributed by atoms with Crippen molar-refractivity contribution in [1.29, 1.82) is 0 Å². The van der Waals surface area contributed by atoms with Crippen LogP contribution in [0, 0.1) is 0 Å². The van der Waals surface area contributed by atoms with Crippen molar-refractivity contribution in [2.45, 2.75) is 31.3 Å². The van der Waals surface area contributed by atoms with E-state index in [1.807, 2.05) is 12.1 Å². The monoisotopic (exact) mass is 362 g/mol. The average molecular weight is 362 g/mol. The fourth-order valence-corrected chi connectivity index (χ4v) is 2.71. The molecule has 0 aliphatic rings. The molecule has 0 atom stereocenters. The topological polar surface area (TPSA) is 97.0 Å². The van der Waals surface area contributed by atoms with Gasteiger partial charge in [0.25, 0.3) is 0 Å². The van der Waals surface area contributed by atoms with E-state index in [-0.39, 0.29) is 17.6 Å². The van der Waals surface area contributed by atoms with Crippen molar-refractivity contribution in [2.24, 2.45) is 0 Å². The van der Waals surface area contributed by atoms with Gasteiger partial charge in [-0.15, -0.1) is 5.10 Å². The van der Waals surface area contributed by atoms with Gasteiger partial charge in [-0.2, -0.15) is 0 Å². The number of hydrogen-bond donors (Lipinski definition) is 2. The first kappa shape index (κ1) is 19.0. The molecular formula is C17H22N4O3S. The summed E-state index contributed by atoms with van der Waals surface area (Å²) < 4.78 is 4.54. The van der Waals surface area contributed by atoms with Crippen LogP contribution in [0.25, 0.3) is 11.4 Å². The average Bonchev–Trinajstić information content (AvgIpc) is 3.12. The van der Waals surface area contributed by atoms with Crippen LogP contribution in [0.1, 0.15) is 25.3 Å². The minimum absolute atomic E-state index is 0.117. The highest BCUT2D eigenvalue weighted by Gasteiger charge is 2.09. The molecular weight excluding hydrogens is 340 g/mol. The van der Waals surface area contributed by atoms with E-state index in [2.05, 4.69) is 44.3 Å². The number of rotatable bonds is 9. The highest BCUT2D eigenvalue weighted by Crippen LogP contribution is 2.19. The summed E-state index contributed by atoms with van der Waals surface area (Å²) in [5.41, 5.74) is 2.23. The van der Waals surface area contributed by atoms with Gasteiger partial charge in [0.05, 0.1) is 12.9 Å². The van der Waals surface area contributed by atoms with Crippen molar-refractivity contribution in [3.05, 3.63) is 29.8 Å². The molecule has 0 spiro atoms. The Balaban J connectivity index is 1.75. The zero-order chi connectivity index (χ0) is 18.1. The molecule has 0 radical (unpaired) electrons. The lowest BCUT2D eigenvalue weighted by Crippen LogP contribution is -2.26. The number of nitrogens with one attached hydrogen (secondary N) is 2. The van der Waals surface area contributed by atoms with E-state index in [4.69, 9.17) is 0 Å². The quantitative estimate of drug-likeness (QED) is 0.403. The molecule has 1 aromatic carbocycles. The zero-order valence-corrected chi connectivity index (χ0v) is 15.2. The number of ether oxygens (including phenoxy) is 1. The molecule has 1 aromatic heterocycles. The normalized spacial score (nSPS) is 10.5. The lowest BCUT2D eigenvalue weighted by Gasteiger charge is -2.03. The first-order valence-corrected chi connectivity index (χ1v) is 9.09. The van der Waals surface area contributed by atoms with Crippen LogP contribution in [0.4, 0.5) is 0 Å². The van der Waals surface area contributed by atoms with E-state index >= 15 is 0 Å². The third-order valence-corrected chi connectivity index (χ3v) is 4.39. The second-order valence-electron chi connectivity index (χ2n) is 5.34. The van der Waals surface area contributed by atoms with Gasteiger partial charge in [0, 0.05) is 18.5 Å². The van der Waals surface area contributed by atoms with Crippen molar-refractivity contribution in [3.63, 3.8) is 0 Å². The van der Waals surface area contributed by atoms with E-state index in [0.29, 0.717) is 30.4 Å². The fourth-order valence-electron chi connectivity index (χ4n) is 2.08. The van der Waals surface area contributed by atoms with Crippen molar-refractivity contribution in [3.8, 4) is 11.4 Å². The van der Waals surface area contributed by atoms with Gasteiger partial charge in [-0.3, -0.25) is 14.7 Å². The van der Waals surface area contributed by atoms with Crippen LogP contribution in [0.5, 0.6) is 0 Å². The standard InChI is InChI=1S/C17H22N4O3S/c1-3-12-6-8-13(9-7-12)16-19-17(21-20-16)25-11-14(22)18-10-4-5-15(23)24-2/h6-9H,3-5,10-11H2,1-2H3,(H,18,22)(H,19,20,21). The van der Waals surface area contributed by atoms with Gasteiger partial charge in [-0.1, -0.05) is 43.0 Å². The number of methoxy groups -OCH3 is 1. The molecule has 2 rings (SSSR count). The van der Waals surface area contributed by atoms with Crippen molar-refractivity contribution in [2.75, 3.05) is 19.4 Å². The molecule has 0 saturated carbocycles. The van der Waals surface area contributed by atoms with E-state index in [9.17, 15) is 9.59 Å². The predicted molar refractivity (Wildman–Crippen MR) is 96.2 cm³/mol. The summed E-state index contributed by atoms with van der Waals surface area (Å²) in [7, 11) is 1.35. The van der Waals surface area contributed by atoms with Crippen molar-refractivity contribution in [1.82, 2.24) is 20.5 Å². The smallest absolute Gasteiger partial charge is 0.305 e. The first-order chi connectivity index (χ1) is 12.1. The van der Waals surface area contributed by atoms with Gasteiger partial charge in [0.2, 0.25) is 11.1 Å². The molecule has 2 aromatic rings. The Morgan fingerprint density at radius 1 is 1.28 bits per heavy atom. The lowest BCUT2D eigenvalue weighted by atomic mass is 10.1. The second kappa shape index (κ2) is 9.83. The van der Waals surface area contributed by atoms with Crippen LogP contribution in [-0.2, 0) is 20.7 Å². The molecule has 0 unspecified atom stereocenters. The number of carbonyl (C=O) groups is 2. The van der Waals surface area contributed by atoms with Gasteiger partial charge in [0.1, 0.15) is 0 Å². The number of esters is 1. The summed E-state index contributed by atoms with van der Waals surface area (Å²) in [5.74, 6) is 0.519. The number of aryl methyl sites for hydroxylation is 1. The van der Waals surface area contributed by atoms with Gasteiger partial charge in [0.15, 0.2) is 5.82 Å². The molecule has 134 valence electrons. The molecule has 1 heterocycles. The van der Waals surface area contributed by atoms with Gasteiger partial charge in [-0.05, 0) is 18.4 Å². The summed E-state index contributed by atoms with van der Waals surface area (Å²) in [4.78, 5) is 27.1. The Hall–Kier alpha value is -2.35. The molecule has 0 fully saturated rings. The van der Waals surface area contributed by atoms with E-state index in [0.717, 1.165) is 12.0 Å². The third kappa shape index (κ3) is 6.22. The summed E-state index contributed by atoms with van der Waals surface area (Å²) in [5, 5.41) is 10.3. The number of hydrogen-bond acceptors (Lipinski definition) is 6. The highest BCUT2D eigenvalue weighted by molar-refractivity contribution is 7.99. The maximum atomic E-state index is 11.8. The zero-order valence-electron chi connectivity index (χ0n) is 14.4. The van der Waals surface area contributed by atoms with Crippen LogP contribution in [0.3, 0.4) is 0 Å². The Kier molecular flexibility index (Phi) is 7.46. The molecule has 7 nitrogen and oxygen atoms in total. The van der Waals surface area contributed by atoms with Crippen molar-refractivity contribution >= 4 is 23.6 Å². The largest absolute Gasteiger partial charge is 0.469 e. The number of benzene rings is 1. The maximum absolute atomic E-state index is 11.8.